The molecule has 146 valence electrons. The Morgan fingerprint density at radius 1 is 0.964 bits per heavy atom. The fraction of sp³-hybridized carbons (Fsp3) is 0.333. The number of carbonyl (C=O) groups is 2. The van der Waals surface area contributed by atoms with Gasteiger partial charge in [-0.05, 0) is 44.0 Å². The van der Waals surface area contributed by atoms with Crippen molar-refractivity contribution in [1.29, 1.82) is 0 Å². The molecule has 3 aromatic heterocycles. The van der Waals surface area contributed by atoms with E-state index in [4.69, 9.17) is 0 Å². The van der Waals surface area contributed by atoms with Gasteiger partial charge in [-0.2, -0.15) is 0 Å². The fourth-order valence-corrected chi connectivity index (χ4v) is 3.08. The highest BCUT2D eigenvalue weighted by atomic mass is 16.2. The van der Waals surface area contributed by atoms with Crippen molar-refractivity contribution in [3.63, 3.8) is 0 Å². The maximum absolute atomic E-state index is 12.5. The van der Waals surface area contributed by atoms with Gasteiger partial charge in [0.1, 0.15) is 11.3 Å². The van der Waals surface area contributed by atoms with Gasteiger partial charge in [-0.25, -0.2) is 4.98 Å². The van der Waals surface area contributed by atoms with E-state index in [1.165, 1.54) is 0 Å². The lowest BCUT2D eigenvalue weighted by molar-refractivity contribution is 0.0939. The third kappa shape index (κ3) is 4.94. The molecule has 3 rings (SSSR count). The summed E-state index contributed by atoms with van der Waals surface area (Å²) in [4.78, 5) is 32.7. The van der Waals surface area contributed by atoms with Crippen molar-refractivity contribution in [1.82, 2.24) is 25.0 Å². The van der Waals surface area contributed by atoms with E-state index in [1.54, 1.807) is 24.5 Å². The number of hydrogen-bond donors (Lipinski definition) is 2. The number of fused-ring (bicyclic) bond motifs is 1. The molecular weight excluding hydrogens is 354 g/mol. The molecule has 0 fully saturated rings. The standard InChI is InChI=1S/C21H25N5O2/c1-16-19(26-14-7-4-10-18(26)25-16)21(28)24-13-6-3-2-5-12-23-20(27)17-9-8-11-22-15-17/h4,7-11,14-15H,2-3,5-6,12-13H2,1H3,(H,23,27)(H,24,28). The Hall–Kier alpha value is -3.22. The second-order valence-electron chi connectivity index (χ2n) is 6.64. The molecule has 3 heterocycles. The van der Waals surface area contributed by atoms with E-state index in [-0.39, 0.29) is 11.8 Å². The molecule has 0 atom stereocenters. The molecule has 2 amide bonds. The van der Waals surface area contributed by atoms with Crippen LogP contribution in [0.4, 0.5) is 0 Å². The molecule has 2 N–H and O–H groups in total. The van der Waals surface area contributed by atoms with Gasteiger partial charge in [0.25, 0.3) is 11.8 Å². The second kappa shape index (κ2) is 9.64. The number of nitrogens with one attached hydrogen (secondary N) is 2. The number of aromatic nitrogens is 3. The van der Waals surface area contributed by atoms with Crippen molar-refractivity contribution in [3.8, 4) is 0 Å². The SMILES string of the molecule is Cc1nc2ccccn2c1C(=O)NCCCCCCNC(=O)c1cccnc1. The molecule has 0 aliphatic heterocycles. The van der Waals surface area contributed by atoms with Crippen molar-refractivity contribution >= 4 is 17.5 Å². The molecule has 7 heteroatoms. The first-order chi connectivity index (χ1) is 13.7. The van der Waals surface area contributed by atoms with Gasteiger partial charge in [0.2, 0.25) is 0 Å². The Morgan fingerprint density at radius 2 is 1.71 bits per heavy atom. The van der Waals surface area contributed by atoms with E-state index in [2.05, 4.69) is 20.6 Å². The summed E-state index contributed by atoms with van der Waals surface area (Å²) in [6, 6.07) is 9.17. The summed E-state index contributed by atoms with van der Waals surface area (Å²) < 4.78 is 1.82. The van der Waals surface area contributed by atoms with Crippen LogP contribution in [0.25, 0.3) is 5.65 Å². The topological polar surface area (TPSA) is 88.4 Å². The van der Waals surface area contributed by atoms with Crippen molar-refractivity contribution in [3.05, 3.63) is 65.9 Å². The molecular formula is C21H25N5O2. The molecule has 0 aromatic carbocycles. The van der Waals surface area contributed by atoms with Gasteiger partial charge in [-0.3, -0.25) is 19.0 Å². The first-order valence-corrected chi connectivity index (χ1v) is 9.57. The smallest absolute Gasteiger partial charge is 0.270 e. The minimum absolute atomic E-state index is 0.0937. The normalized spacial score (nSPS) is 10.8. The van der Waals surface area contributed by atoms with E-state index in [1.807, 2.05) is 35.7 Å². The second-order valence-corrected chi connectivity index (χ2v) is 6.64. The van der Waals surface area contributed by atoms with Gasteiger partial charge in [-0.15, -0.1) is 0 Å². The highest BCUT2D eigenvalue weighted by Gasteiger charge is 2.15. The van der Waals surface area contributed by atoms with E-state index in [0.717, 1.165) is 37.0 Å². The van der Waals surface area contributed by atoms with E-state index in [0.29, 0.717) is 24.3 Å². The predicted molar refractivity (Wildman–Crippen MR) is 107 cm³/mol. The zero-order chi connectivity index (χ0) is 19.8. The molecule has 7 nitrogen and oxygen atoms in total. The molecule has 0 spiro atoms. The highest BCUT2D eigenvalue weighted by molar-refractivity contribution is 5.94. The summed E-state index contributed by atoms with van der Waals surface area (Å²) in [5, 5.41) is 5.86. The van der Waals surface area contributed by atoms with Gasteiger partial charge in [0.05, 0.1) is 11.3 Å². The molecule has 28 heavy (non-hydrogen) atoms. The van der Waals surface area contributed by atoms with Crippen molar-refractivity contribution in [2.24, 2.45) is 0 Å². The average Bonchev–Trinajstić information content (AvgIpc) is 3.06. The summed E-state index contributed by atoms with van der Waals surface area (Å²) >= 11 is 0. The van der Waals surface area contributed by atoms with Crippen LogP contribution in [0.2, 0.25) is 0 Å². The van der Waals surface area contributed by atoms with Crippen LogP contribution in [0.3, 0.4) is 0 Å². The number of amides is 2. The van der Waals surface area contributed by atoms with Crippen LogP contribution in [0.5, 0.6) is 0 Å². The Kier molecular flexibility index (Phi) is 6.73. The predicted octanol–water partition coefficient (Wildman–Crippen LogP) is 2.76. The lowest BCUT2D eigenvalue weighted by Gasteiger charge is -2.07. The van der Waals surface area contributed by atoms with Gasteiger partial charge < -0.3 is 10.6 Å². The van der Waals surface area contributed by atoms with E-state index < -0.39 is 0 Å². The van der Waals surface area contributed by atoms with Gasteiger partial charge in [0, 0.05) is 31.7 Å². The van der Waals surface area contributed by atoms with Gasteiger partial charge in [-0.1, -0.05) is 18.9 Å². The molecule has 0 unspecified atom stereocenters. The van der Waals surface area contributed by atoms with Crippen molar-refractivity contribution in [2.75, 3.05) is 13.1 Å². The van der Waals surface area contributed by atoms with Gasteiger partial charge in [0.15, 0.2) is 0 Å². The zero-order valence-electron chi connectivity index (χ0n) is 16.0. The summed E-state index contributed by atoms with van der Waals surface area (Å²) in [6.07, 6.45) is 8.86. The van der Waals surface area contributed by atoms with Crippen molar-refractivity contribution < 1.29 is 9.59 Å². The number of pyridine rings is 2. The molecule has 0 saturated heterocycles. The maximum atomic E-state index is 12.5. The minimum atomic E-state index is -0.0973. The number of hydrogen-bond acceptors (Lipinski definition) is 4. The Balaban J connectivity index is 1.31. The summed E-state index contributed by atoms with van der Waals surface area (Å²) in [5.41, 5.74) is 2.67. The largest absolute Gasteiger partial charge is 0.352 e. The Morgan fingerprint density at radius 3 is 2.43 bits per heavy atom. The highest BCUT2D eigenvalue weighted by Crippen LogP contribution is 2.11. The summed E-state index contributed by atoms with van der Waals surface area (Å²) in [7, 11) is 0. The van der Waals surface area contributed by atoms with Crippen LogP contribution in [-0.2, 0) is 0 Å². The van der Waals surface area contributed by atoms with Crippen LogP contribution >= 0.6 is 0 Å². The zero-order valence-corrected chi connectivity index (χ0v) is 16.0. The first-order valence-electron chi connectivity index (χ1n) is 9.57. The first kappa shape index (κ1) is 19.5. The molecule has 0 aliphatic rings. The number of nitrogens with zero attached hydrogens (tertiary/aromatic N) is 3. The number of rotatable bonds is 9. The Labute approximate surface area is 164 Å². The van der Waals surface area contributed by atoms with Crippen LogP contribution in [-0.4, -0.2) is 39.3 Å². The minimum Gasteiger partial charge on any atom is -0.352 e. The van der Waals surface area contributed by atoms with Crippen LogP contribution in [0.15, 0.2) is 48.9 Å². The third-order valence-electron chi connectivity index (χ3n) is 4.52. The van der Waals surface area contributed by atoms with Crippen LogP contribution in [0.1, 0.15) is 52.2 Å². The lowest BCUT2D eigenvalue weighted by atomic mass is 10.2. The molecule has 0 radical (unpaired) electrons. The Bertz CT molecular complexity index is 936. The lowest BCUT2D eigenvalue weighted by Crippen LogP contribution is -2.26. The molecule has 0 saturated carbocycles. The number of imidazole rings is 1. The average molecular weight is 379 g/mol. The summed E-state index contributed by atoms with van der Waals surface area (Å²) in [5.74, 6) is -0.191. The maximum Gasteiger partial charge on any atom is 0.270 e. The molecule has 3 aromatic rings. The van der Waals surface area contributed by atoms with Gasteiger partial charge >= 0.3 is 0 Å². The molecule has 0 bridgehead atoms. The van der Waals surface area contributed by atoms with Crippen molar-refractivity contribution in [2.45, 2.75) is 32.6 Å². The number of aryl methyl sites for hydroxylation is 1. The van der Waals surface area contributed by atoms with Crippen LogP contribution < -0.4 is 10.6 Å². The van der Waals surface area contributed by atoms with E-state index in [9.17, 15) is 9.59 Å². The summed E-state index contributed by atoms with van der Waals surface area (Å²) in [6.45, 7) is 3.11. The molecule has 0 aliphatic carbocycles. The van der Waals surface area contributed by atoms with E-state index >= 15 is 0 Å². The quantitative estimate of drug-likeness (QED) is 0.560. The third-order valence-corrected chi connectivity index (χ3v) is 4.52. The number of carbonyl (C=O) groups excluding carboxylic acids is 2. The van der Waals surface area contributed by atoms with Crippen LogP contribution in [0, 0.1) is 6.92 Å². The monoisotopic (exact) mass is 379 g/mol. The fourth-order valence-electron chi connectivity index (χ4n) is 3.08. The number of unbranched alkanes of at least 4 members (excludes halogenated alkanes) is 3.